The first-order valence-corrected chi connectivity index (χ1v) is 13.3. The molecule has 222 valence electrons. The van der Waals surface area contributed by atoms with E-state index in [9.17, 15) is 22.8 Å². The van der Waals surface area contributed by atoms with E-state index in [2.05, 4.69) is 25.6 Å². The third kappa shape index (κ3) is 9.61. The lowest BCUT2D eigenvalue weighted by molar-refractivity contribution is -0.274. The second-order valence-corrected chi connectivity index (χ2v) is 9.48. The molecule has 2 amide bonds. The zero-order valence-electron chi connectivity index (χ0n) is 22.7. The standard InChI is InChI=1S/C30H32F3N5O4/c31-30(32,33)42-24-12-10-23(11-13-24)36-29(40)28(35-15-16-38-17-19-41-20-18-38)22-8-5-21(6-9-22)7-14-27(39)37-26-4-2-1-3-25(26)34/h1-14,28,35H,15-20,34H2,(H,36,40)(H,37,39)/b14-7+. The van der Waals surface area contributed by atoms with E-state index in [-0.39, 0.29) is 17.6 Å². The lowest BCUT2D eigenvalue weighted by Gasteiger charge is -2.27. The van der Waals surface area contributed by atoms with Crippen molar-refractivity contribution < 1.29 is 32.2 Å². The molecule has 3 aromatic carbocycles. The quantitative estimate of drug-likeness (QED) is 0.195. The van der Waals surface area contributed by atoms with Crippen LogP contribution in [0.2, 0.25) is 0 Å². The number of halogens is 3. The number of hydrogen-bond acceptors (Lipinski definition) is 7. The van der Waals surface area contributed by atoms with Crippen LogP contribution in [0, 0.1) is 0 Å². The number of benzene rings is 3. The molecule has 3 aromatic rings. The van der Waals surface area contributed by atoms with Gasteiger partial charge in [-0.15, -0.1) is 13.2 Å². The van der Waals surface area contributed by atoms with Crippen LogP contribution in [0.1, 0.15) is 17.2 Å². The van der Waals surface area contributed by atoms with Crippen molar-refractivity contribution in [2.45, 2.75) is 12.4 Å². The predicted molar refractivity (Wildman–Crippen MR) is 155 cm³/mol. The third-order valence-electron chi connectivity index (χ3n) is 6.41. The van der Waals surface area contributed by atoms with Crippen molar-refractivity contribution in [1.82, 2.24) is 10.2 Å². The maximum atomic E-state index is 13.3. The Hall–Kier alpha value is -4.39. The van der Waals surface area contributed by atoms with E-state index >= 15 is 0 Å². The van der Waals surface area contributed by atoms with Crippen LogP contribution in [0.25, 0.3) is 6.08 Å². The second-order valence-electron chi connectivity index (χ2n) is 9.48. The molecule has 1 aliphatic rings. The molecule has 1 aliphatic heterocycles. The van der Waals surface area contributed by atoms with Gasteiger partial charge in [0.25, 0.3) is 0 Å². The Morgan fingerprint density at radius 3 is 2.33 bits per heavy atom. The number of nitrogens with two attached hydrogens (primary N) is 1. The fourth-order valence-electron chi connectivity index (χ4n) is 4.26. The average molecular weight is 584 g/mol. The molecule has 4 rings (SSSR count). The predicted octanol–water partition coefficient (Wildman–Crippen LogP) is 4.42. The van der Waals surface area contributed by atoms with Crippen molar-refractivity contribution in [3.05, 3.63) is 90.0 Å². The number of nitrogens with one attached hydrogen (secondary N) is 3. The zero-order valence-corrected chi connectivity index (χ0v) is 22.7. The molecule has 1 unspecified atom stereocenters. The first kappa shape index (κ1) is 30.6. The molecule has 5 N–H and O–H groups in total. The van der Waals surface area contributed by atoms with Gasteiger partial charge in [-0.1, -0.05) is 36.4 Å². The summed E-state index contributed by atoms with van der Waals surface area (Å²) in [5.74, 6) is -1.11. The van der Waals surface area contributed by atoms with Gasteiger partial charge in [-0.05, 0) is 53.6 Å². The van der Waals surface area contributed by atoms with Gasteiger partial charge in [0.1, 0.15) is 11.8 Å². The number of rotatable bonds is 11. The van der Waals surface area contributed by atoms with Crippen molar-refractivity contribution in [2.24, 2.45) is 0 Å². The van der Waals surface area contributed by atoms with E-state index < -0.39 is 12.4 Å². The van der Waals surface area contributed by atoms with E-state index in [1.807, 2.05) is 0 Å². The normalized spacial score (nSPS) is 14.8. The van der Waals surface area contributed by atoms with Gasteiger partial charge >= 0.3 is 6.36 Å². The van der Waals surface area contributed by atoms with Crippen LogP contribution in [0.3, 0.4) is 0 Å². The molecule has 0 radical (unpaired) electrons. The maximum Gasteiger partial charge on any atom is 0.573 e. The summed E-state index contributed by atoms with van der Waals surface area (Å²) >= 11 is 0. The molecule has 12 heteroatoms. The lowest BCUT2D eigenvalue weighted by Crippen LogP contribution is -2.42. The number of nitrogens with zero attached hydrogens (tertiary/aromatic N) is 1. The minimum Gasteiger partial charge on any atom is -0.406 e. The number of para-hydroxylation sites is 2. The average Bonchev–Trinajstić information content (AvgIpc) is 2.97. The summed E-state index contributed by atoms with van der Waals surface area (Å²) in [5, 5.41) is 8.76. The minimum absolute atomic E-state index is 0.319. The van der Waals surface area contributed by atoms with Crippen LogP contribution < -0.4 is 26.4 Å². The van der Waals surface area contributed by atoms with Crippen molar-refractivity contribution in [3.63, 3.8) is 0 Å². The number of nitrogen functional groups attached to an aromatic ring is 1. The number of hydrogen-bond donors (Lipinski definition) is 4. The smallest absolute Gasteiger partial charge is 0.406 e. The van der Waals surface area contributed by atoms with Gasteiger partial charge in [0.05, 0.1) is 24.6 Å². The Balaban J connectivity index is 1.42. The molecule has 1 saturated heterocycles. The summed E-state index contributed by atoms with van der Waals surface area (Å²) in [6.07, 6.45) is -1.77. The fourth-order valence-corrected chi connectivity index (χ4v) is 4.26. The van der Waals surface area contributed by atoms with Crippen LogP contribution in [0.15, 0.2) is 78.9 Å². The Labute approximate surface area is 241 Å². The molecule has 9 nitrogen and oxygen atoms in total. The molecule has 42 heavy (non-hydrogen) atoms. The highest BCUT2D eigenvalue weighted by Gasteiger charge is 2.31. The highest BCUT2D eigenvalue weighted by atomic mass is 19.4. The number of alkyl halides is 3. The first-order chi connectivity index (χ1) is 20.2. The SMILES string of the molecule is Nc1ccccc1NC(=O)/C=C/c1ccc(C(NCCN2CCOCC2)C(=O)Nc2ccc(OC(F)(F)F)cc2)cc1. The monoisotopic (exact) mass is 583 g/mol. The Morgan fingerprint density at radius 2 is 1.67 bits per heavy atom. The van der Waals surface area contributed by atoms with Crippen molar-refractivity contribution in [2.75, 3.05) is 55.8 Å². The molecule has 0 saturated carbocycles. The zero-order chi connectivity index (χ0) is 30.0. The van der Waals surface area contributed by atoms with Gasteiger partial charge in [-0.2, -0.15) is 0 Å². The molecular formula is C30H32F3N5O4. The molecule has 1 atom stereocenters. The highest BCUT2D eigenvalue weighted by molar-refractivity contribution is 6.03. The van der Waals surface area contributed by atoms with Crippen LogP contribution in [-0.2, 0) is 14.3 Å². The topological polar surface area (TPSA) is 118 Å². The van der Waals surface area contributed by atoms with Crippen molar-refractivity contribution in [1.29, 1.82) is 0 Å². The molecule has 0 aliphatic carbocycles. The number of carbonyl (C=O) groups is 2. The van der Waals surface area contributed by atoms with E-state index in [1.165, 1.54) is 18.2 Å². The third-order valence-corrected chi connectivity index (χ3v) is 6.41. The summed E-state index contributed by atoms with van der Waals surface area (Å²) in [6.45, 7) is 4.14. The van der Waals surface area contributed by atoms with Gasteiger partial charge in [-0.3, -0.25) is 14.5 Å². The van der Waals surface area contributed by atoms with Gasteiger partial charge < -0.3 is 31.2 Å². The molecule has 0 bridgehead atoms. The van der Waals surface area contributed by atoms with E-state index in [0.717, 1.165) is 30.8 Å². The van der Waals surface area contributed by atoms with Crippen molar-refractivity contribution >= 4 is 35.0 Å². The molecule has 1 heterocycles. The Morgan fingerprint density at radius 1 is 0.976 bits per heavy atom. The first-order valence-electron chi connectivity index (χ1n) is 13.3. The summed E-state index contributed by atoms with van der Waals surface area (Å²) in [4.78, 5) is 27.9. The molecular weight excluding hydrogens is 551 g/mol. The van der Waals surface area contributed by atoms with Gasteiger partial charge in [0.15, 0.2) is 0 Å². The highest BCUT2D eigenvalue weighted by Crippen LogP contribution is 2.25. The van der Waals surface area contributed by atoms with Crippen LogP contribution in [-0.4, -0.2) is 62.5 Å². The van der Waals surface area contributed by atoms with Crippen LogP contribution in [0.4, 0.5) is 30.2 Å². The van der Waals surface area contributed by atoms with Gasteiger partial charge in [0, 0.05) is 37.9 Å². The number of amides is 2. The van der Waals surface area contributed by atoms with E-state index in [0.29, 0.717) is 48.9 Å². The Kier molecular flexibility index (Phi) is 10.5. The summed E-state index contributed by atoms with van der Waals surface area (Å²) in [6, 6.07) is 18.3. The fraction of sp³-hybridized carbons (Fsp3) is 0.267. The minimum atomic E-state index is -4.80. The maximum absolute atomic E-state index is 13.3. The van der Waals surface area contributed by atoms with Gasteiger partial charge in [-0.25, -0.2) is 0 Å². The second kappa shape index (κ2) is 14.5. The summed E-state index contributed by atoms with van der Waals surface area (Å²) in [7, 11) is 0. The number of ether oxygens (including phenoxy) is 2. The molecule has 1 fully saturated rings. The largest absolute Gasteiger partial charge is 0.573 e. The molecule has 0 aromatic heterocycles. The number of anilines is 3. The summed E-state index contributed by atoms with van der Waals surface area (Å²) < 4.78 is 46.7. The van der Waals surface area contributed by atoms with Crippen LogP contribution >= 0.6 is 0 Å². The van der Waals surface area contributed by atoms with Crippen molar-refractivity contribution in [3.8, 4) is 5.75 Å². The lowest BCUT2D eigenvalue weighted by atomic mass is 10.0. The van der Waals surface area contributed by atoms with Crippen LogP contribution in [0.5, 0.6) is 5.75 Å². The van der Waals surface area contributed by atoms with E-state index in [1.54, 1.807) is 54.6 Å². The number of morpholine rings is 1. The number of carbonyl (C=O) groups excluding carboxylic acids is 2. The van der Waals surface area contributed by atoms with E-state index in [4.69, 9.17) is 10.5 Å². The van der Waals surface area contributed by atoms with Gasteiger partial charge in [0.2, 0.25) is 11.8 Å². The summed E-state index contributed by atoms with van der Waals surface area (Å²) in [5.41, 5.74) is 8.57. The molecule has 0 spiro atoms. The Bertz CT molecular complexity index is 1360.